The maximum absolute atomic E-state index is 12.8. The van der Waals surface area contributed by atoms with Gasteiger partial charge < -0.3 is 38.2 Å². The summed E-state index contributed by atoms with van der Waals surface area (Å²) in [6.45, 7) is 15.2. The zero-order valence-electron chi connectivity index (χ0n) is 33.8. The van der Waals surface area contributed by atoms with Crippen LogP contribution < -0.4 is 14.5 Å². The van der Waals surface area contributed by atoms with Crippen molar-refractivity contribution >= 4 is 23.6 Å². The van der Waals surface area contributed by atoms with Crippen LogP contribution in [0.4, 0.5) is 16.3 Å². The quantitative estimate of drug-likeness (QED) is 0.235. The molecule has 13 heteroatoms. The second-order valence-electron chi connectivity index (χ2n) is 18.4. The molecule has 6 aliphatic rings. The van der Waals surface area contributed by atoms with E-state index in [2.05, 4.69) is 37.0 Å². The number of nitrogens with zero attached hydrogens (tertiary/aromatic N) is 6. The summed E-state index contributed by atoms with van der Waals surface area (Å²) >= 11 is 0. The Morgan fingerprint density at radius 3 is 2.22 bits per heavy atom. The fourth-order valence-electron chi connectivity index (χ4n) is 10.2. The molecule has 302 valence electrons. The number of carbonyl (C=O) groups is 2. The minimum absolute atomic E-state index is 0.0682. The standard InChI is InChI=1S/C42H62N6O7/c1-27(2)38(39(49)51-6)35-24-36(44-55-35)45-17-10-28(11-18-45)42(14-15-42)47-19-12-32(13-20-47)52-33-22-34(23-33)53-37-21-29(9-16-43-37)48-30-7-8-31(48)26-46(25-30)40(50)54-41(3,4)5/h9,16,21,24,27-28,30-34,38H,7-8,10-15,17-20,22-23,25-26H2,1-6H3. The van der Waals surface area contributed by atoms with Gasteiger partial charge in [-0.15, -0.1) is 0 Å². The van der Waals surface area contributed by atoms with E-state index in [1.807, 2.05) is 51.8 Å². The number of likely N-dealkylation sites (tertiary alicyclic amines) is 2. The van der Waals surface area contributed by atoms with Gasteiger partial charge in [-0.3, -0.25) is 9.69 Å². The number of rotatable bonds is 11. The number of amides is 1. The smallest absolute Gasteiger partial charge is 0.410 e. The molecule has 3 atom stereocenters. The summed E-state index contributed by atoms with van der Waals surface area (Å²) in [6, 6.07) is 6.63. The molecule has 3 unspecified atom stereocenters. The number of esters is 1. The third-order valence-electron chi connectivity index (χ3n) is 13.2. The van der Waals surface area contributed by atoms with Gasteiger partial charge in [0.2, 0.25) is 5.88 Å². The van der Waals surface area contributed by atoms with Crippen molar-refractivity contribution in [2.24, 2.45) is 11.8 Å². The molecule has 2 bridgehead atoms. The van der Waals surface area contributed by atoms with E-state index >= 15 is 0 Å². The monoisotopic (exact) mass is 762 g/mol. The van der Waals surface area contributed by atoms with E-state index in [1.54, 1.807) is 0 Å². The average Bonchev–Trinajstić information content (AvgIpc) is 3.74. The number of pyridine rings is 1. The zero-order chi connectivity index (χ0) is 38.5. The van der Waals surface area contributed by atoms with Gasteiger partial charge in [0.15, 0.2) is 11.6 Å². The minimum atomic E-state index is -0.492. The highest BCUT2D eigenvalue weighted by Gasteiger charge is 2.54. The van der Waals surface area contributed by atoms with Gasteiger partial charge in [-0.25, -0.2) is 9.78 Å². The third kappa shape index (κ3) is 8.15. The van der Waals surface area contributed by atoms with E-state index in [0.717, 1.165) is 89.1 Å². The fourth-order valence-corrected chi connectivity index (χ4v) is 10.2. The Kier molecular flexibility index (Phi) is 10.7. The summed E-state index contributed by atoms with van der Waals surface area (Å²) in [4.78, 5) is 39.2. The maximum atomic E-state index is 12.8. The molecule has 2 aromatic rings. The Labute approximate surface area is 326 Å². The van der Waals surface area contributed by atoms with Crippen LogP contribution in [0.15, 0.2) is 28.9 Å². The maximum Gasteiger partial charge on any atom is 0.410 e. The van der Waals surface area contributed by atoms with Crippen molar-refractivity contribution in [1.82, 2.24) is 19.9 Å². The summed E-state index contributed by atoms with van der Waals surface area (Å²) in [6.07, 6.45) is 13.4. The molecule has 0 spiro atoms. The van der Waals surface area contributed by atoms with E-state index in [0.29, 0.717) is 42.3 Å². The molecule has 8 rings (SSSR count). The Balaban J connectivity index is 0.758. The highest BCUT2D eigenvalue weighted by atomic mass is 16.6. The van der Waals surface area contributed by atoms with Crippen molar-refractivity contribution in [2.45, 2.75) is 146 Å². The topological polar surface area (TPSA) is 123 Å². The van der Waals surface area contributed by atoms with Crippen LogP contribution in [-0.4, -0.2) is 120 Å². The highest BCUT2D eigenvalue weighted by molar-refractivity contribution is 5.77. The van der Waals surface area contributed by atoms with E-state index < -0.39 is 11.5 Å². The van der Waals surface area contributed by atoms with Crippen LogP contribution in [0.3, 0.4) is 0 Å². The first-order valence-corrected chi connectivity index (χ1v) is 21.0. The van der Waals surface area contributed by atoms with Crippen LogP contribution in [0.5, 0.6) is 5.88 Å². The average molecular weight is 763 g/mol. The molecular formula is C42H62N6O7. The van der Waals surface area contributed by atoms with Gasteiger partial charge in [-0.2, -0.15) is 0 Å². The van der Waals surface area contributed by atoms with Gasteiger partial charge in [0.25, 0.3) is 0 Å². The molecule has 0 radical (unpaired) electrons. The molecule has 6 heterocycles. The first-order chi connectivity index (χ1) is 26.4. The molecule has 4 saturated heterocycles. The van der Waals surface area contributed by atoms with E-state index in [4.69, 9.17) is 23.5 Å². The van der Waals surface area contributed by atoms with E-state index in [1.165, 1.54) is 20.0 Å². The van der Waals surface area contributed by atoms with Crippen LogP contribution in [0.2, 0.25) is 0 Å². The van der Waals surface area contributed by atoms with E-state index in [9.17, 15) is 9.59 Å². The van der Waals surface area contributed by atoms with Crippen molar-refractivity contribution in [3.8, 4) is 5.88 Å². The van der Waals surface area contributed by atoms with Gasteiger partial charge in [0, 0.05) is 93.7 Å². The molecule has 2 saturated carbocycles. The summed E-state index contributed by atoms with van der Waals surface area (Å²) in [5, 5.41) is 4.36. The van der Waals surface area contributed by atoms with Crippen LogP contribution >= 0.6 is 0 Å². The van der Waals surface area contributed by atoms with Crippen molar-refractivity contribution in [3.63, 3.8) is 0 Å². The second-order valence-corrected chi connectivity index (χ2v) is 18.4. The molecule has 0 aromatic carbocycles. The SMILES string of the molecule is COC(=O)C(c1cc(N2CCC(C3(N4CCC(OC5CC(Oc6cc(N7C8CCC7CN(C(=O)OC(C)(C)C)C8)ccn6)C5)CC4)CC3)CC2)no1)C(C)C. The predicted molar refractivity (Wildman–Crippen MR) is 207 cm³/mol. The lowest BCUT2D eigenvalue weighted by atomic mass is 9.85. The molecule has 0 N–H and O–H groups in total. The van der Waals surface area contributed by atoms with Gasteiger partial charge in [0.1, 0.15) is 17.6 Å². The van der Waals surface area contributed by atoms with Gasteiger partial charge in [0.05, 0.1) is 19.3 Å². The van der Waals surface area contributed by atoms with Gasteiger partial charge in [-0.1, -0.05) is 19.0 Å². The number of hydrogen-bond donors (Lipinski definition) is 0. The van der Waals surface area contributed by atoms with Crippen molar-refractivity contribution in [3.05, 3.63) is 30.2 Å². The van der Waals surface area contributed by atoms with Crippen LogP contribution in [-0.2, 0) is 19.0 Å². The van der Waals surface area contributed by atoms with Crippen molar-refractivity contribution in [2.75, 3.05) is 56.2 Å². The number of hydrogen-bond acceptors (Lipinski definition) is 12. The number of ether oxygens (including phenoxy) is 4. The minimum Gasteiger partial charge on any atom is -0.474 e. The first-order valence-electron chi connectivity index (χ1n) is 21.0. The van der Waals surface area contributed by atoms with Crippen LogP contribution in [0.25, 0.3) is 0 Å². The van der Waals surface area contributed by atoms with Crippen molar-refractivity contribution < 1.29 is 33.1 Å². The molecule has 6 fully saturated rings. The summed E-state index contributed by atoms with van der Waals surface area (Å²) in [7, 11) is 1.42. The number of piperidine rings is 2. The molecule has 2 aromatic heterocycles. The Morgan fingerprint density at radius 1 is 0.909 bits per heavy atom. The summed E-state index contributed by atoms with van der Waals surface area (Å²) in [5.74, 6) is 2.14. The number of carbonyl (C=O) groups excluding carboxylic acids is 2. The molecule has 55 heavy (non-hydrogen) atoms. The fraction of sp³-hybridized carbons (Fsp3) is 0.762. The number of fused-ring (bicyclic) bond motifs is 2. The molecule has 4 aliphatic heterocycles. The number of piperazine rings is 1. The van der Waals surface area contributed by atoms with Gasteiger partial charge >= 0.3 is 12.1 Å². The lowest BCUT2D eigenvalue weighted by Crippen LogP contribution is -2.56. The lowest BCUT2D eigenvalue weighted by molar-refractivity contribution is -0.144. The first kappa shape index (κ1) is 38.3. The highest BCUT2D eigenvalue weighted by Crippen LogP contribution is 2.52. The Bertz CT molecular complexity index is 1640. The molecule has 1 amide bonds. The third-order valence-corrected chi connectivity index (χ3v) is 13.2. The predicted octanol–water partition coefficient (Wildman–Crippen LogP) is 6.41. The molecule has 2 aliphatic carbocycles. The van der Waals surface area contributed by atoms with Gasteiger partial charge in [-0.05, 0) is 90.0 Å². The summed E-state index contributed by atoms with van der Waals surface area (Å²) < 4.78 is 29.4. The largest absolute Gasteiger partial charge is 0.474 e. The normalized spacial score (nSPS) is 27.9. The lowest BCUT2D eigenvalue weighted by Gasteiger charge is -2.45. The molecule has 13 nitrogen and oxygen atoms in total. The zero-order valence-corrected chi connectivity index (χ0v) is 33.8. The van der Waals surface area contributed by atoms with Crippen LogP contribution in [0, 0.1) is 11.8 Å². The number of anilines is 2. The second kappa shape index (κ2) is 15.4. The van der Waals surface area contributed by atoms with E-state index in [-0.39, 0.29) is 42.3 Å². The van der Waals surface area contributed by atoms with Crippen LogP contribution in [0.1, 0.15) is 111 Å². The summed E-state index contributed by atoms with van der Waals surface area (Å²) in [5.41, 5.74) is 0.982. The number of methoxy groups -OCH3 is 1. The molecular weight excluding hydrogens is 700 g/mol. The Morgan fingerprint density at radius 2 is 1.60 bits per heavy atom. The number of aromatic nitrogens is 2. The Hall–Kier alpha value is -3.58. The van der Waals surface area contributed by atoms with Crippen molar-refractivity contribution in [1.29, 1.82) is 0 Å².